The van der Waals surface area contributed by atoms with Gasteiger partial charge in [-0.25, -0.2) is 0 Å². The van der Waals surface area contributed by atoms with Crippen molar-refractivity contribution in [1.82, 2.24) is 0 Å². The van der Waals surface area contributed by atoms with Gasteiger partial charge in [-0.1, -0.05) is 6.92 Å². The van der Waals surface area contributed by atoms with Crippen LogP contribution < -0.4 is 0 Å². The predicted molar refractivity (Wildman–Crippen MR) is 36.8 cm³/mol. The summed E-state index contributed by atoms with van der Waals surface area (Å²) in [6, 6.07) is 0. The first kappa shape index (κ1) is 16.3. The highest BCUT2D eigenvalue weighted by molar-refractivity contribution is 7.17. The molecule has 0 amide bonds. The molecule has 0 rings (SSSR count). The van der Waals surface area contributed by atoms with Crippen molar-refractivity contribution >= 4 is 54.8 Å². The zero-order valence-electron chi connectivity index (χ0n) is 5.14. The molecule has 0 N–H and O–H groups in total. The lowest BCUT2D eigenvalue weighted by molar-refractivity contribution is 0.342. The van der Waals surface area contributed by atoms with E-state index in [-0.39, 0.29) is 46.1 Å². The summed E-state index contributed by atoms with van der Waals surface area (Å²) in [5.41, 5.74) is 0. The molecule has 0 fully saturated rings. The van der Waals surface area contributed by atoms with Gasteiger partial charge in [0.15, 0.2) is 0 Å². The SMILES string of the molecule is CCCO[PH+]=O.[Mg].[Mg]. The smallest absolute Gasteiger partial charge is 0.148 e. The van der Waals surface area contributed by atoms with Crippen LogP contribution in [0.3, 0.4) is 0 Å². The van der Waals surface area contributed by atoms with Crippen molar-refractivity contribution in [3.8, 4) is 0 Å². The maximum absolute atomic E-state index is 9.49. The maximum Gasteiger partial charge on any atom is 0.494 e. The van der Waals surface area contributed by atoms with Gasteiger partial charge in [0, 0.05) is 46.1 Å². The molecule has 1 atom stereocenters. The molecule has 0 bridgehead atoms. The summed E-state index contributed by atoms with van der Waals surface area (Å²) in [5, 5.41) is 0. The number of hydrogen-bond acceptors (Lipinski definition) is 2. The summed E-state index contributed by atoms with van der Waals surface area (Å²) in [6.45, 7) is 2.59. The van der Waals surface area contributed by atoms with Gasteiger partial charge in [0.2, 0.25) is 0 Å². The van der Waals surface area contributed by atoms with Gasteiger partial charge in [0.05, 0.1) is 0 Å². The van der Waals surface area contributed by atoms with Gasteiger partial charge in [-0.3, -0.25) is 0 Å². The maximum atomic E-state index is 9.49. The van der Waals surface area contributed by atoms with E-state index in [0.717, 1.165) is 6.42 Å². The monoisotopic (exact) mass is 155 g/mol. The van der Waals surface area contributed by atoms with Crippen LogP contribution in [0.2, 0.25) is 0 Å². The average Bonchev–Trinajstić information content (AvgIpc) is 1.61. The van der Waals surface area contributed by atoms with Crippen LogP contribution in [0.5, 0.6) is 0 Å². The van der Waals surface area contributed by atoms with E-state index in [2.05, 4.69) is 4.52 Å². The summed E-state index contributed by atoms with van der Waals surface area (Å²) in [6.07, 6.45) is 0.940. The zero-order valence-corrected chi connectivity index (χ0v) is 8.97. The first-order valence-corrected chi connectivity index (χ1v) is 2.72. The zero-order chi connectivity index (χ0) is 4.83. The lowest BCUT2D eigenvalue weighted by Gasteiger charge is -1.73. The molecule has 4 radical (unpaired) electrons. The molecule has 0 aliphatic rings. The molecule has 0 aromatic rings. The van der Waals surface area contributed by atoms with Crippen molar-refractivity contribution in [3.63, 3.8) is 0 Å². The normalized spacial score (nSPS) is 7.12. The third-order valence-electron chi connectivity index (χ3n) is 0.365. The quantitative estimate of drug-likeness (QED) is 0.339. The predicted octanol–water partition coefficient (Wildman–Crippen LogP) is 0.590. The van der Waals surface area contributed by atoms with Crippen LogP contribution in [0.15, 0.2) is 0 Å². The fourth-order valence-corrected chi connectivity index (χ4v) is 0.431. The third-order valence-corrected chi connectivity index (χ3v) is 0.687. The van der Waals surface area contributed by atoms with E-state index in [1.54, 1.807) is 0 Å². The number of hydrogen-bond donors (Lipinski definition) is 0. The summed E-state index contributed by atoms with van der Waals surface area (Å²) >= 11 is 0. The van der Waals surface area contributed by atoms with Gasteiger partial charge < -0.3 is 0 Å². The second-order valence-electron chi connectivity index (χ2n) is 0.932. The molecule has 0 aliphatic carbocycles. The minimum absolute atomic E-state index is 0. The van der Waals surface area contributed by atoms with E-state index >= 15 is 0 Å². The van der Waals surface area contributed by atoms with Gasteiger partial charge in [0.1, 0.15) is 6.61 Å². The average molecular weight is 156 g/mol. The minimum Gasteiger partial charge on any atom is -0.148 e. The van der Waals surface area contributed by atoms with Crippen molar-refractivity contribution in [1.29, 1.82) is 0 Å². The lowest BCUT2D eigenvalue weighted by Crippen LogP contribution is -1.74. The van der Waals surface area contributed by atoms with E-state index in [4.69, 9.17) is 0 Å². The Morgan fingerprint density at radius 2 is 2.00 bits per heavy atom. The van der Waals surface area contributed by atoms with Crippen molar-refractivity contribution in [2.24, 2.45) is 0 Å². The summed E-state index contributed by atoms with van der Waals surface area (Å²) < 4.78 is 13.9. The minimum atomic E-state index is -0.585. The van der Waals surface area contributed by atoms with E-state index < -0.39 is 8.69 Å². The van der Waals surface area contributed by atoms with Crippen molar-refractivity contribution in [2.45, 2.75) is 13.3 Å². The van der Waals surface area contributed by atoms with E-state index in [1.165, 1.54) is 0 Å². The Morgan fingerprint density at radius 1 is 1.50 bits per heavy atom. The molecule has 0 saturated heterocycles. The van der Waals surface area contributed by atoms with Crippen molar-refractivity contribution < 1.29 is 9.09 Å². The van der Waals surface area contributed by atoms with Crippen LogP contribution in [-0.2, 0) is 9.09 Å². The van der Waals surface area contributed by atoms with Gasteiger partial charge in [-0.15, -0.1) is 4.52 Å². The van der Waals surface area contributed by atoms with Crippen LogP contribution in [0.25, 0.3) is 0 Å². The third kappa shape index (κ3) is 15.6. The van der Waals surface area contributed by atoms with Crippen molar-refractivity contribution in [2.75, 3.05) is 6.61 Å². The second-order valence-corrected chi connectivity index (χ2v) is 1.39. The summed E-state index contributed by atoms with van der Waals surface area (Å²) in [4.78, 5) is 0. The fourth-order valence-electron chi connectivity index (χ4n) is 0.144. The Balaban J connectivity index is -0.000000125. The van der Waals surface area contributed by atoms with Crippen LogP contribution in [0.4, 0.5) is 0 Å². The molecular weight excluding hydrogens is 148 g/mol. The van der Waals surface area contributed by atoms with E-state index in [9.17, 15) is 4.57 Å². The van der Waals surface area contributed by atoms with E-state index in [1.807, 2.05) is 6.92 Å². The molecule has 1 unspecified atom stereocenters. The van der Waals surface area contributed by atoms with Gasteiger partial charge in [0.25, 0.3) is 0 Å². The standard InChI is InChI=1S/C3H8O2P.2Mg/c1-2-3-5-6-4;;/h6H,2-3H2,1H3;;/q+1;;. The van der Waals surface area contributed by atoms with Crippen LogP contribution in [0.1, 0.15) is 13.3 Å². The van der Waals surface area contributed by atoms with Gasteiger partial charge in [-0.2, -0.15) is 0 Å². The summed E-state index contributed by atoms with van der Waals surface area (Å²) in [7, 11) is -0.585. The molecule has 0 saturated carbocycles. The Kier molecular flexibility index (Phi) is 32.3. The topological polar surface area (TPSA) is 26.3 Å². The van der Waals surface area contributed by atoms with E-state index in [0.29, 0.717) is 6.61 Å². The highest BCUT2D eigenvalue weighted by Gasteiger charge is 1.83. The fraction of sp³-hybridized carbons (Fsp3) is 1.00. The molecule has 0 spiro atoms. The Morgan fingerprint density at radius 3 is 2.12 bits per heavy atom. The molecular formula is C3H8Mg2O2P+. The van der Waals surface area contributed by atoms with Gasteiger partial charge >= 0.3 is 8.69 Å². The van der Waals surface area contributed by atoms with Crippen molar-refractivity contribution in [3.05, 3.63) is 0 Å². The highest BCUT2D eigenvalue weighted by Crippen LogP contribution is 1.93. The van der Waals surface area contributed by atoms with Crippen LogP contribution in [0, 0.1) is 0 Å². The molecule has 40 valence electrons. The Hall–Kier alpha value is 1.59. The molecule has 0 aromatic heterocycles. The molecule has 2 nitrogen and oxygen atoms in total. The molecule has 0 aromatic carbocycles. The number of rotatable bonds is 3. The first-order valence-electron chi connectivity index (χ1n) is 1.90. The summed E-state index contributed by atoms with van der Waals surface area (Å²) in [5.74, 6) is 0. The molecule has 0 aliphatic heterocycles. The first-order chi connectivity index (χ1) is 2.91. The highest BCUT2D eigenvalue weighted by atomic mass is 31.1. The molecule has 5 heteroatoms. The Bertz CT molecular complexity index is 44.3. The Labute approximate surface area is 83.3 Å². The van der Waals surface area contributed by atoms with Crippen LogP contribution in [-0.4, -0.2) is 52.7 Å². The molecule has 0 heterocycles. The molecule has 8 heavy (non-hydrogen) atoms. The largest absolute Gasteiger partial charge is 0.494 e. The lowest BCUT2D eigenvalue weighted by atomic mass is 10.5. The second kappa shape index (κ2) is 15.8. The van der Waals surface area contributed by atoms with Gasteiger partial charge in [-0.05, 0) is 11.0 Å². The van der Waals surface area contributed by atoms with Crippen LogP contribution >= 0.6 is 8.69 Å².